The number of rotatable bonds is 4. The number of nitrogens with two attached hydrogens (primary N) is 1. The zero-order chi connectivity index (χ0) is 9.97. The van der Waals surface area contributed by atoms with Crippen molar-refractivity contribution < 1.29 is 0 Å². The van der Waals surface area contributed by atoms with Crippen molar-refractivity contribution in [3.8, 4) is 0 Å². The highest BCUT2D eigenvalue weighted by molar-refractivity contribution is 5.04. The molecule has 14 heavy (non-hydrogen) atoms. The van der Waals surface area contributed by atoms with Crippen molar-refractivity contribution in [2.45, 2.75) is 45.1 Å². The van der Waals surface area contributed by atoms with Gasteiger partial charge in [-0.1, -0.05) is 6.42 Å². The second-order valence-corrected chi connectivity index (χ2v) is 4.03. The molecule has 0 aliphatic heterocycles. The van der Waals surface area contributed by atoms with Gasteiger partial charge in [0.1, 0.15) is 11.6 Å². The summed E-state index contributed by atoms with van der Waals surface area (Å²) in [5.41, 5.74) is 5.51. The Kier molecular flexibility index (Phi) is 2.82. The van der Waals surface area contributed by atoms with Crippen LogP contribution in [0.15, 0.2) is 0 Å². The Hall–Kier alpha value is -0.900. The molecule has 1 heterocycles. The molecule has 0 unspecified atom stereocenters. The van der Waals surface area contributed by atoms with Crippen LogP contribution < -0.4 is 5.73 Å². The van der Waals surface area contributed by atoms with E-state index in [0.29, 0.717) is 5.92 Å². The van der Waals surface area contributed by atoms with Gasteiger partial charge in [-0.3, -0.25) is 0 Å². The third-order valence-corrected chi connectivity index (χ3v) is 3.02. The van der Waals surface area contributed by atoms with E-state index in [1.165, 1.54) is 25.1 Å². The Morgan fingerprint density at radius 2 is 2.21 bits per heavy atom. The standard InChI is InChI=1S/C10H18N4/c1-8-12-13-10(9-4-2-5-9)14(8)7-3-6-11/h9H,2-7,11H2,1H3. The predicted octanol–water partition coefficient (Wildman–Crippen LogP) is 1.20. The minimum Gasteiger partial charge on any atom is -0.330 e. The minimum absolute atomic E-state index is 0.661. The minimum atomic E-state index is 0.661. The van der Waals surface area contributed by atoms with Crippen LogP contribution in [0.3, 0.4) is 0 Å². The van der Waals surface area contributed by atoms with Crippen LogP contribution in [0.4, 0.5) is 0 Å². The fourth-order valence-electron chi connectivity index (χ4n) is 1.89. The van der Waals surface area contributed by atoms with E-state index in [2.05, 4.69) is 14.8 Å². The Balaban J connectivity index is 2.12. The van der Waals surface area contributed by atoms with Crippen molar-refractivity contribution in [2.75, 3.05) is 6.54 Å². The molecule has 0 amide bonds. The topological polar surface area (TPSA) is 56.7 Å². The van der Waals surface area contributed by atoms with Gasteiger partial charge in [-0.25, -0.2) is 0 Å². The average Bonchev–Trinajstić information content (AvgIpc) is 2.42. The zero-order valence-electron chi connectivity index (χ0n) is 8.74. The van der Waals surface area contributed by atoms with Crippen LogP contribution in [0.2, 0.25) is 0 Å². The van der Waals surface area contributed by atoms with Gasteiger partial charge in [0.2, 0.25) is 0 Å². The molecule has 1 saturated carbocycles. The summed E-state index contributed by atoms with van der Waals surface area (Å²) in [6.45, 7) is 3.73. The summed E-state index contributed by atoms with van der Waals surface area (Å²) in [7, 11) is 0. The van der Waals surface area contributed by atoms with Crippen LogP contribution >= 0.6 is 0 Å². The van der Waals surface area contributed by atoms with E-state index in [1.54, 1.807) is 0 Å². The normalized spacial score (nSPS) is 17.0. The predicted molar refractivity (Wildman–Crippen MR) is 55.0 cm³/mol. The number of aryl methyl sites for hydroxylation is 1. The van der Waals surface area contributed by atoms with Crippen LogP contribution in [-0.2, 0) is 6.54 Å². The molecular weight excluding hydrogens is 176 g/mol. The van der Waals surface area contributed by atoms with Crippen molar-refractivity contribution in [3.05, 3.63) is 11.6 Å². The molecule has 2 rings (SSSR count). The summed E-state index contributed by atoms with van der Waals surface area (Å²) < 4.78 is 2.23. The van der Waals surface area contributed by atoms with Gasteiger partial charge in [0.05, 0.1) is 0 Å². The molecular formula is C10H18N4. The van der Waals surface area contributed by atoms with Crippen molar-refractivity contribution in [1.82, 2.24) is 14.8 Å². The average molecular weight is 194 g/mol. The molecule has 1 fully saturated rings. The number of hydrogen-bond acceptors (Lipinski definition) is 3. The number of aromatic nitrogens is 3. The first-order chi connectivity index (χ1) is 6.83. The molecule has 1 aromatic heterocycles. The maximum atomic E-state index is 5.51. The maximum Gasteiger partial charge on any atom is 0.136 e. The van der Waals surface area contributed by atoms with Crippen molar-refractivity contribution in [1.29, 1.82) is 0 Å². The Bertz CT molecular complexity index is 301. The molecule has 4 nitrogen and oxygen atoms in total. The van der Waals surface area contributed by atoms with Crippen LogP contribution in [0.5, 0.6) is 0 Å². The zero-order valence-corrected chi connectivity index (χ0v) is 8.74. The van der Waals surface area contributed by atoms with Crippen molar-refractivity contribution in [3.63, 3.8) is 0 Å². The third-order valence-electron chi connectivity index (χ3n) is 3.02. The number of hydrogen-bond donors (Lipinski definition) is 1. The first-order valence-electron chi connectivity index (χ1n) is 5.42. The molecule has 0 aromatic carbocycles. The Labute approximate surface area is 84.5 Å². The first kappa shape index (κ1) is 9.65. The SMILES string of the molecule is Cc1nnc(C2CCC2)n1CCCN. The van der Waals surface area contributed by atoms with E-state index in [1.807, 2.05) is 6.92 Å². The van der Waals surface area contributed by atoms with Crippen LogP contribution in [0.25, 0.3) is 0 Å². The van der Waals surface area contributed by atoms with Gasteiger partial charge in [0.15, 0.2) is 0 Å². The van der Waals surface area contributed by atoms with Gasteiger partial charge in [-0.15, -0.1) is 10.2 Å². The Morgan fingerprint density at radius 3 is 2.79 bits per heavy atom. The fourth-order valence-corrected chi connectivity index (χ4v) is 1.89. The summed E-state index contributed by atoms with van der Waals surface area (Å²) in [6, 6.07) is 0. The second kappa shape index (κ2) is 4.09. The van der Waals surface area contributed by atoms with Gasteiger partial charge in [-0.05, 0) is 32.7 Å². The van der Waals surface area contributed by atoms with Crippen molar-refractivity contribution in [2.24, 2.45) is 5.73 Å². The highest BCUT2D eigenvalue weighted by Crippen LogP contribution is 2.35. The Morgan fingerprint density at radius 1 is 1.43 bits per heavy atom. The van der Waals surface area contributed by atoms with Gasteiger partial charge >= 0.3 is 0 Å². The second-order valence-electron chi connectivity index (χ2n) is 4.03. The number of nitrogens with zero attached hydrogens (tertiary/aromatic N) is 3. The fraction of sp³-hybridized carbons (Fsp3) is 0.800. The van der Waals surface area contributed by atoms with Crippen molar-refractivity contribution >= 4 is 0 Å². The smallest absolute Gasteiger partial charge is 0.136 e. The van der Waals surface area contributed by atoms with E-state index >= 15 is 0 Å². The van der Waals surface area contributed by atoms with E-state index in [0.717, 1.165) is 25.3 Å². The highest BCUT2D eigenvalue weighted by atomic mass is 15.3. The van der Waals surface area contributed by atoms with Crippen LogP contribution in [0.1, 0.15) is 43.3 Å². The lowest BCUT2D eigenvalue weighted by atomic mass is 9.85. The van der Waals surface area contributed by atoms with Crippen LogP contribution in [0, 0.1) is 6.92 Å². The quantitative estimate of drug-likeness (QED) is 0.783. The van der Waals surface area contributed by atoms with Crippen LogP contribution in [-0.4, -0.2) is 21.3 Å². The first-order valence-corrected chi connectivity index (χ1v) is 5.42. The molecule has 1 aliphatic rings. The molecule has 0 radical (unpaired) electrons. The summed E-state index contributed by atoms with van der Waals surface area (Å²) >= 11 is 0. The monoisotopic (exact) mass is 194 g/mol. The van der Waals surface area contributed by atoms with Gasteiger partial charge in [0, 0.05) is 12.5 Å². The van der Waals surface area contributed by atoms with Gasteiger partial charge in [0.25, 0.3) is 0 Å². The molecule has 0 spiro atoms. The summed E-state index contributed by atoms with van der Waals surface area (Å²) in [6.07, 6.45) is 4.91. The van der Waals surface area contributed by atoms with E-state index in [9.17, 15) is 0 Å². The third kappa shape index (κ3) is 1.66. The highest BCUT2D eigenvalue weighted by Gasteiger charge is 2.25. The molecule has 1 aliphatic carbocycles. The molecule has 2 N–H and O–H groups in total. The summed E-state index contributed by atoms with van der Waals surface area (Å²) in [5, 5.41) is 8.41. The largest absolute Gasteiger partial charge is 0.330 e. The van der Waals surface area contributed by atoms with Gasteiger partial charge in [-0.2, -0.15) is 0 Å². The molecule has 0 bridgehead atoms. The summed E-state index contributed by atoms with van der Waals surface area (Å²) in [4.78, 5) is 0. The molecule has 4 heteroatoms. The van der Waals surface area contributed by atoms with E-state index < -0.39 is 0 Å². The molecule has 0 saturated heterocycles. The van der Waals surface area contributed by atoms with E-state index in [4.69, 9.17) is 5.73 Å². The molecule has 78 valence electrons. The lowest BCUT2D eigenvalue weighted by Gasteiger charge is -2.25. The lowest BCUT2D eigenvalue weighted by molar-refractivity contribution is 0.383. The lowest BCUT2D eigenvalue weighted by Crippen LogP contribution is -2.17. The molecule has 1 aromatic rings. The summed E-state index contributed by atoms with van der Waals surface area (Å²) in [5.74, 6) is 2.87. The van der Waals surface area contributed by atoms with E-state index in [-0.39, 0.29) is 0 Å². The van der Waals surface area contributed by atoms with Gasteiger partial charge < -0.3 is 10.3 Å². The molecule has 0 atom stereocenters. The maximum absolute atomic E-state index is 5.51.